The molecule has 2 aromatic rings. The fourth-order valence-corrected chi connectivity index (χ4v) is 1.96. The lowest BCUT2D eigenvalue weighted by molar-refractivity contribution is -0.394. The minimum absolute atomic E-state index is 0.245. The molecule has 0 heterocycles. The van der Waals surface area contributed by atoms with E-state index in [-0.39, 0.29) is 5.75 Å². The summed E-state index contributed by atoms with van der Waals surface area (Å²) in [7, 11) is 1.45. The molecule has 0 aliphatic carbocycles. The molecular formula is C15H13N3O7. The minimum atomic E-state index is -0.819. The Balaban J connectivity index is 2.09. The third-order valence-electron chi connectivity index (χ3n) is 3.09. The second-order valence-electron chi connectivity index (χ2n) is 4.70. The molecule has 0 aliphatic heterocycles. The van der Waals surface area contributed by atoms with Gasteiger partial charge in [0.05, 0.1) is 28.7 Å². The average molecular weight is 347 g/mol. The first kappa shape index (κ1) is 17.7. The summed E-state index contributed by atoms with van der Waals surface area (Å²) in [5, 5.41) is 24.2. The van der Waals surface area contributed by atoms with Crippen molar-refractivity contribution in [1.29, 1.82) is 0 Å². The van der Waals surface area contributed by atoms with Crippen LogP contribution in [0.15, 0.2) is 42.5 Å². The Hall–Kier alpha value is -3.69. The van der Waals surface area contributed by atoms with Crippen molar-refractivity contribution in [2.45, 2.75) is 0 Å². The zero-order chi connectivity index (χ0) is 18.4. The van der Waals surface area contributed by atoms with Gasteiger partial charge in [-0.05, 0) is 18.2 Å². The standard InChI is InChI=1S/C15H13N3O7/c1-24-13-5-3-2-4-11(13)16-15(19)9-25-14-7-6-10(17(20)21)8-12(14)18(22)23/h2-8H,9H2,1H3,(H,16,19). The number of methoxy groups -OCH3 is 1. The lowest BCUT2D eigenvalue weighted by Crippen LogP contribution is -2.20. The van der Waals surface area contributed by atoms with Gasteiger partial charge in [0.15, 0.2) is 12.4 Å². The number of anilines is 1. The van der Waals surface area contributed by atoms with Crippen LogP contribution in [0.4, 0.5) is 17.1 Å². The first-order valence-corrected chi connectivity index (χ1v) is 6.91. The van der Waals surface area contributed by atoms with Gasteiger partial charge in [-0.2, -0.15) is 0 Å². The van der Waals surface area contributed by atoms with Crippen molar-refractivity contribution < 1.29 is 24.1 Å². The van der Waals surface area contributed by atoms with Crippen LogP contribution in [-0.2, 0) is 4.79 Å². The van der Waals surface area contributed by atoms with E-state index in [1.807, 2.05) is 0 Å². The van der Waals surface area contributed by atoms with Gasteiger partial charge in [-0.25, -0.2) is 0 Å². The van der Waals surface area contributed by atoms with E-state index in [0.717, 1.165) is 18.2 Å². The van der Waals surface area contributed by atoms with E-state index in [1.54, 1.807) is 24.3 Å². The van der Waals surface area contributed by atoms with E-state index in [0.29, 0.717) is 11.4 Å². The quantitative estimate of drug-likeness (QED) is 0.600. The highest BCUT2D eigenvalue weighted by Crippen LogP contribution is 2.31. The van der Waals surface area contributed by atoms with Gasteiger partial charge in [-0.3, -0.25) is 25.0 Å². The highest BCUT2D eigenvalue weighted by Gasteiger charge is 2.21. The van der Waals surface area contributed by atoms with Crippen LogP contribution >= 0.6 is 0 Å². The number of para-hydroxylation sites is 2. The highest BCUT2D eigenvalue weighted by molar-refractivity contribution is 5.93. The first-order valence-electron chi connectivity index (χ1n) is 6.91. The Morgan fingerprint density at radius 2 is 1.80 bits per heavy atom. The van der Waals surface area contributed by atoms with Gasteiger partial charge in [0, 0.05) is 6.07 Å². The van der Waals surface area contributed by atoms with E-state index < -0.39 is 33.7 Å². The molecule has 0 aliphatic rings. The van der Waals surface area contributed by atoms with E-state index in [1.165, 1.54) is 7.11 Å². The topological polar surface area (TPSA) is 134 Å². The van der Waals surface area contributed by atoms with Crippen molar-refractivity contribution in [1.82, 2.24) is 0 Å². The summed E-state index contributed by atoms with van der Waals surface area (Å²) in [5.74, 6) is -0.375. The van der Waals surface area contributed by atoms with Crippen LogP contribution in [0.5, 0.6) is 11.5 Å². The van der Waals surface area contributed by atoms with Crippen LogP contribution in [0, 0.1) is 20.2 Å². The van der Waals surface area contributed by atoms with Crippen LogP contribution < -0.4 is 14.8 Å². The molecular weight excluding hydrogens is 334 g/mol. The van der Waals surface area contributed by atoms with Crippen molar-refractivity contribution in [2.24, 2.45) is 0 Å². The molecule has 1 N–H and O–H groups in total. The molecule has 0 spiro atoms. The van der Waals surface area contributed by atoms with Gasteiger partial charge in [-0.1, -0.05) is 12.1 Å². The monoisotopic (exact) mass is 347 g/mol. The number of nitro benzene ring substituents is 2. The van der Waals surface area contributed by atoms with E-state index in [2.05, 4.69) is 5.32 Å². The van der Waals surface area contributed by atoms with E-state index in [9.17, 15) is 25.0 Å². The van der Waals surface area contributed by atoms with E-state index >= 15 is 0 Å². The molecule has 10 nitrogen and oxygen atoms in total. The predicted octanol–water partition coefficient (Wildman–Crippen LogP) is 2.53. The normalized spacial score (nSPS) is 9.96. The molecule has 0 saturated heterocycles. The fraction of sp³-hybridized carbons (Fsp3) is 0.133. The molecule has 0 saturated carbocycles. The molecule has 0 unspecified atom stereocenters. The average Bonchev–Trinajstić information content (AvgIpc) is 2.60. The number of nitro groups is 2. The van der Waals surface area contributed by atoms with Gasteiger partial charge < -0.3 is 14.8 Å². The smallest absolute Gasteiger partial charge is 0.317 e. The fourth-order valence-electron chi connectivity index (χ4n) is 1.96. The maximum absolute atomic E-state index is 11.9. The van der Waals surface area contributed by atoms with Gasteiger partial charge in [0.1, 0.15) is 5.75 Å². The number of carbonyl (C=O) groups is 1. The highest BCUT2D eigenvalue weighted by atomic mass is 16.6. The number of rotatable bonds is 7. The molecule has 10 heteroatoms. The van der Waals surface area contributed by atoms with Crippen LogP contribution in [-0.4, -0.2) is 29.5 Å². The number of hydrogen-bond donors (Lipinski definition) is 1. The molecule has 0 fully saturated rings. The summed E-state index contributed by atoms with van der Waals surface area (Å²) in [6.07, 6.45) is 0. The van der Waals surface area contributed by atoms with Crippen LogP contribution in [0.3, 0.4) is 0 Å². The number of hydrogen-bond acceptors (Lipinski definition) is 7. The molecule has 2 aromatic carbocycles. The van der Waals surface area contributed by atoms with E-state index in [4.69, 9.17) is 9.47 Å². The van der Waals surface area contributed by atoms with Crippen molar-refractivity contribution >= 4 is 23.0 Å². The molecule has 25 heavy (non-hydrogen) atoms. The SMILES string of the molecule is COc1ccccc1NC(=O)COc1ccc([N+](=O)[O-])cc1[N+](=O)[O-]. The third kappa shape index (κ3) is 4.41. The molecule has 130 valence electrons. The molecule has 2 rings (SSSR count). The molecule has 0 aromatic heterocycles. The number of amides is 1. The van der Waals surface area contributed by atoms with Crippen LogP contribution in [0.25, 0.3) is 0 Å². The van der Waals surface area contributed by atoms with Crippen LogP contribution in [0.2, 0.25) is 0 Å². The van der Waals surface area contributed by atoms with Crippen molar-refractivity contribution in [3.8, 4) is 11.5 Å². The Morgan fingerprint density at radius 3 is 2.44 bits per heavy atom. The number of nitrogens with one attached hydrogen (secondary N) is 1. The van der Waals surface area contributed by atoms with Gasteiger partial charge in [0.2, 0.25) is 0 Å². The number of ether oxygens (including phenoxy) is 2. The zero-order valence-electron chi connectivity index (χ0n) is 13.0. The second-order valence-corrected chi connectivity index (χ2v) is 4.70. The molecule has 0 radical (unpaired) electrons. The summed E-state index contributed by atoms with van der Waals surface area (Å²) in [6, 6.07) is 9.59. The van der Waals surface area contributed by atoms with Crippen molar-refractivity contribution in [2.75, 3.05) is 19.0 Å². The molecule has 1 amide bonds. The maximum atomic E-state index is 11.9. The van der Waals surface area contributed by atoms with Crippen molar-refractivity contribution in [3.63, 3.8) is 0 Å². The second kappa shape index (κ2) is 7.73. The lowest BCUT2D eigenvalue weighted by Gasteiger charge is -2.10. The molecule has 0 atom stereocenters. The number of nitrogens with zero attached hydrogens (tertiary/aromatic N) is 2. The van der Waals surface area contributed by atoms with Gasteiger partial charge >= 0.3 is 5.69 Å². The lowest BCUT2D eigenvalue weighted by atomic mass is 10.2. The summed E-state index contributed by atoms with van der Waals surface area (Å²) in [6.45, 7) is -0.517. The Labute approximate surface area is 141 Å². The Morgan fingerprint density at radius 1 is 1.08 bits per heavy atom. The third-order valence-corrected chi connectivity index (χ3v) is 3.09. The Bertz CT molecular complexity index is 823. The predicted molar refractivity (Wildman–Crippen MR) is 86.9 cm³/mol. The largest absolute Gasteiger partial charge is 0.495 e. The zero-order valence-corrected chi connectivity index (χ0v) is 13.0. The number of benzene rings is 2. The first-order chi connectivity index (χ1) is 11.9. The summed E-state index contributed by atoms with van der Waals surface area (Å²) in [5.41, 5.74) is -0.631. The minimum Gasteiger partial charge on any atom is -0.495 e. The van der Waals surface area contributed by atoms with Gasteiger partial charge in [-0.15, -0.1) is 0 Å². The Kier molecular flexibility index (Phi) is 5.46. The molecule has 0 bridgehead atoms. The summed E-state index contributed by atoms with van der Waals surface area (Å²) >= 11 is 0. The summed E-state index contributed by atoms with van der Waals surface area (Å²) in [4.78, 5) is 32.0. The summed E-state index contributed by atoms with van der Waals surface area (Å²) < 4.78 is 10.2. The van der Waals surface area contributed by atoms with Crippen LogP contribution in [0.1, 0.15) is 0 Å². The number of carbonyl (C=O) groups excluding carboxylic acids is 1. The maximum Gasteiger partial charge on any atom is 0.317 e. The van der Waals surface area contributed by atoms with Crippen molar-refractivity contribution in [3.05, 3.63) is 62.7 Å². The van der Waals surface area contributed by atoms with Gasteiger partial charge in [0.25, 0.3) is 11.6 Å². The number of non-ortho nitro benzene ring substituents is 1.